The number of aromatic amines is 1. The molecule has 1 aromatic rings. The van der Waals surface area contributed by atoms with Gasteiger partial charge in [-0.25, -0.2) is 0 Å². The summed E-state index contributed by atoms with van der Waals surface area (Å²) in [6.45, 7) is 8.77. The fraction of sp³-hybridized carbons (Fsp3) is 0.727. The average molecular weight is 242 g/mol. The van der Waals surface area contributed by atoms with E-state index in [4.69, 9.17) is 8.85 Å². The summed E-state index contributed by atoms with van der Waals surface area (Å²) in [7, 11) is 0.970. The summed E-state index contributed by atoms with van der Waals surface area (Å²) in [5, 5.41) is 7.95. The molecule has 0 fully saturated rings. The van der Waals surface area contributed by atoms with Gasteiger partial charge in [0.15, 0.2) is 0 Å². The zero-order valence-corrected chi connectivity index (χ0v) is 12.0. The molecule has 0 aliphatic rings. The molecule has 0 unspecified atom stereocenters. The van der Waals surface area contributed by atoms with Gasteiger partial charge in [-0.15, -0.1) is 0 Å². The molecule has 92 valence electrons. The zero-order chi connectivity index (χ0) is 12.4. The maximum Gasteiger partial charge on any atom is 0.396 e. The Labute approximate surface area is 98.6 Å². The Morgan fingerprint density at radius 1 is 1.31 bits per heavy atom. The lowest BCUT2D eigenvalue weighted by molar-refractivity contribution is 0.206. The summed E-state index contributed by atoms with van der Waals surface area (Å²) in [4.78, 5) is 0. The van der Waals surface area contributed by atoms with Crippen molar-refractivity contribution in [2.45, 2.75) is 32.7 Å². The van der Waals surface area contributed by atoms with Crippen LogP contribution in [0.3, 0.4) is 0 Å². The molecule has 1 rings (SSSR count). The van der Waals surface area contributed by atoms with E-state index in [1.807, 2.05) is 6.07 Å². The second-order valence-electron chi connectivity index (χ2n) is 4.87. The third-order valence-corrected chi connectivity index (χ3v) is 8.13. The van der Waals surface area contributed by atoms with Crippen molar-refractivity contribution in [2.24, 2.45) is 5.92 Å². The minimum absolute atomic E-state index is 0.0387. The quantitative estimate of drug-likeness (QED) is 0.801. The number of rotatable bonds is 5. The van der Waals surface area contributed by atoms with Gasteiger partial charge < -0.3 is 8.85 Å². The van der Waals surface area contributed by atoms with Crippen LogP contribution in [0, 0.1) is 5.92 Å². The largest absolute Gasteiger partial charge is 0.396 e. The third-order valence-electron chi connectivity index (χ3n) is 3.72. The highest BCUT2D eigenvalue weighted by atomic mass is 28.4. The van der Waals surface area contributed by atoms with E-state index in [2.05, 4.69) is 37.9 Å². The molecule has 0 bridgehead atoms. The summed E-state index contributed by atoms with van der Waals surface area (Å²) in [6.07, 6.45) is 1.74. The Morgan fingerprint density at radius 2 is 1.88 bits per heavy atom. The van der Waals surface area contributed by atoms with Gasteiger partial charge in [-0.3, -0.25) is 5.10 Å². The molecule has 0 aliphatic heterocycles. The van der Waals surface area contributed by atoms with Crippen LogP contribution in [0.4, 0.5) is 0 Å². The van der Waals surface area contributed by atoms with Crippen molar-refractivity contribution < 1.29 is 8.85 Å². The third kappa shape index (κ3) is 1.83. The smallest absolute Gasteiger partial charge is 0.393 e. The molecule has 1 heterocycles. The second-order valence-corrected chi connectivity index (χ2v) is 8.75. The molecule has 0 saturated carbocycles. The van der Waals surface area contributed by atoms with Crippen LogP contribution in [-0.4, -0.2) is 33.0 Å². The first kappa shape index (κ1) is 13.4. The van der Waals surface area contributed by atoms with Gasteiger partial charge in [-0.1, -0.05) is 27.7 Å². The lowest BCUT2D eigenvalue weighted by Gasteiger charge is -2.43. The number of H-pyrrole nitrogens is 1. The van der Waals surface area contributed by atoms with Crippen LogP contribution in [0.25, 0.3) is 0 Å². The van der Waals surface area contributed by atoms with Gasteiger partial charge >= 0.3 is 8.56 Å². The van der Waals surface area contributed by atoms with Crippen molar-refractivity contribution in [1.82, 2.24) is 10.2 Å². The Balaban J connectivity index is 3.26. The predicted octanol–water partition coefficient (Wildman–Crippen LogP) is 1.79. The van der Waals surface area contributed by atoms with E-state index >= 15 is 0 Å². The van der Waals surface area contributed by atoms with Gasteiger partial charge in [0, 0.05) is 25.5 Å². The first-order valence-corrected chi connectivity index (χ1v) is 7.34. The second kappa shape index (κ2) is 4.69. The van der Waals surface area contributed by atoms with E-state index in [9.17, 15) is 0 Å². The molecule has 5 heteroatoms. The Kier molecular flexibility index (Phi) is 3.93. The van der Waals surface area contributed by atoms with Crippen LogP contribution < -0.4 is 5.32 Å². The molecular weight excluding hydrogens is 220 g/mol. The molecule has 1 aromatic heterocycles. The van der Waals surface area contributed by atoms with Crippen molar-refractivity contribution in [2.75, 3.05) is 14.2 Å². The van der Waals surface area contributed by atoms with E-state index in [1.165, 1.54) is 0 Å². The van der Waals surface area contributed by atoms with Crippen LogP contribution in [0.15, 0.2) is 12.3 Å². The van der Waals surface area contributed by atoms with Crippen LogP contribution in [-0.2, 0) is 8.85 Å². The predicted molar refractivity (Wildman–Crippen MR) is 66.9 cm³/mol. The van der Waals surface area contributed by atoms with Crippen LogP contribution >= 0.6 is 0 Å². The topological polar surface area (TPSA) is 47.1 Å². The number of hydrogen-bond donors (Lipinski definition) is 1. The minimum atomic E-state index is -2.48. The molecule has 1 N–H and O–H groups in total. The van der Waals surface area contributed by atoms with Crippen molar-refractivity contribution in [1.29, 1.82) is 0 Å². The lowest BCUT2D eigenvalue weighted by Crippen LogP contribution is -2.62. The Bertz CT molecular complexity index is 319. The molecule has 0 radical (unpaired) electrons. The first-order valence-electron chi connectivity index (χ1n) is 5.52. The fourth-order valence-corrected chi connectivity index (χ4v) is 5.61. The molecule has 16 heavy (non-hydrogen) atoms. The van der Waals surface area contributed by atoms with Gasteiger partial charge in [-0.2, -0.15) is 5.10 Å². The van der Waals surface area contributed by atoms with Crippen molar-refractivity contribution >= 4 is 13.9 Å². The lowest BCUT2D eigenvalue weighted by atomic mass is 9.99. The summed E-state index contributed by atoms with van der Waals surface area (Å²) in [5.74, 6) is 0.461. The molecule has 0 aliphatic carbocycles. The molecule has 0 atom stereocenters. The molecule has 0 aromatic carbocycles. The zero-order valence-electron chi connectivity index (χ0n) is 11.0. The van der Waals surface area contributed by atoms with E-state index in [0.29, 0.717) is 5.92 Å². The van der Waals surface area contributed by atoms with Gasteiger partial charge in [0.05, 0.1) is 5.32 Å². The normalized spacial score (nSPS) is 13.4. The van der Waals surface area contributed by atoms with E-state index < -0.39 is 8.56 Å². The fourth-order valence-electron chi connectivity index (χ4n) is 2.00. The highest BCUT2D eigenvalue weighted by Crippen LogP contribution is 2.44. The van der Waals surface area contributed by atoms with Crippen molar-refractivity contribution in [3.63, 3.8) is 0 Å². The van der Waals surface area contributed by atoms with Gasteiger partial charge in [-0.05, 0) is 12.0 Å². The van der Waals surface area contributed by atoms with Gasteiger partial charge in [0.25, 0.3) is 0 Å². The van der Waals surface area contributed by atoms with Crippen LogP contribution in [0.1, 0.15) is 27.7 Å². The summed E-state index contributed by atoms with van der Waals surface area (Å²) in [6, 6.07) is 1.95. The Hall–Kier alpha value is -0.653. The molecule has 0 amide bonds. The molecular formula is C11H22N2O2Si. The van der Waals surface area contributed by atoms with Crippen molar-refractivity contribution in [3.05, 3.63) is 12.3 Å². The average Bonchev–Trinajstić information content (AvgIpc) is 2.73. The number of nitrogens with zero attached hydrogens (tertiary/aromatic N) is 1. The van der Waals surface area contributed by atoms with E-state index in [0.717, 1.165) is 5.32 Å². The van der Waals surface area contributed by atoms with Gasteiger partial charge in [0.2, 0.25) is 0 Å². The number of hydrogen-bond acceptors (Lipinski definition) is 3. The highest BCUT2D eigenvalue weighted by Gasteiger charge is 2.55. The SMILES string of the molecule is CO[Si](OC)(c1ccn[nH]1)C(C)(C)C(C)C. The van der Waals surface area contributed by atoms with Crippen LogP contribution in [0.5, 0.6) is 0 Å². The summed E-state index contributed by atoms with van der Waals surface area (Å²) in [5.41, 5.74) is 0. The molecule has 0 saturated heterocycles. The Morgan fingerprint density at radius 3 is 2.19 bits per heavy atom. The molecule has 0 spiro atoms. The van der Waals surface area contributed by atoms with Gasteiger partial charge in [0.1, 0.15) is 0 Å². The number of nitrogens with one attached hydrogen (secondary N) is 1. The summed E-state index contributed by atoms with van der Waals surface area (Å²) >= 11 is 0. The van der Waals surface area contributed by atoms with Crippen LogP contribution in [0.2, 0.25) is 5.04 Å². The summed E-state index contributed by atoms with van der Waals surface area (Å²) < 4.78 is 11.6. The van der Waals surface area contributed by atoms with E-state index in [1.54, 1.807) is 20.4 Å². The van der Waals surface area contributed by atoms with E-state index in [-0.39, 0.29) is 5.04 Å². The molecule has 4 nitrogen and oxygen atoms in total. The standard InChI is InChI=1S/C11H22N2O2Si/c1-9(2)11(3,4)16(14-5,15-6)10-7-8-12-13-10/h7-9H,1-6H3,(H,12,13). The number of aromatic nitrogens is 2. The maximum absolute atomic E-state index is 5.80. The minimum Gasteiger partial charge on any atom is -0.393 e. The monoisotopic (exact) mass is 242 g/mol. The van der Waals surface area contributed by atoms with Crippen molar-refractivity contribution in [3.8, 4) is 0 Å². The maximum atomic E-state index is 5.80. The first-order chi connectivity index (χ1) is 7.42. The highest BCUT2D eigenvalue weighted by molar-refractivity contribution is 6.83.